The standard InChI is InChI=1S/C7H10N2OS/c1-5(8)2-7(10)6-3-11-4-9-6/h3-5H,2,8H2,1H3/t5-/m1/s1. The highest BCUT2D eigenvalue weighted by Gasteiger charge is 2.09. The third-order valence-corrected chi connectivity index (χ3v) is 1.81. The van der Waals surface area contributed by atoms with Gasteiger partial charge in [0.1, 0.15) is 5.69 Å². The molecule has 11 heavy (non-hydrogen) atoms. The van der Waals surface area contributed by atoms with E-state index in [2.05, 4.69) is 4.98 Å². The molecule has 1 rings (SSSR count). The van der Waals surface area contributed by atoms with Crippen molar-refractivity contribution in [1.29, 1.82) is 0 Å². The highest BCUT2D eigenvalue weighted by Crippen LogP contribution is 2.04. The Hall–Kier alpha value is -0.740. The first kappa shape index (κ1) is 8.36. The highest BCUT2D eigenvalue weighted by molar-refractivity contribution is 7.07. The van der Waals surface area contributed by atoms with E-state index in [0.717, 1.165) is 0 Å². The number of hydrogen-bond donors (Lipinski definition) is 1. The SMILES string of the molecule is C[C@@H](N)CC(=O)c1cscn1. The number of thiazole rings is 1. The first-order chi connectivity index (χ1) is 5.20. The molecule has 0 saturated carbocycles. The lowest BCUT2D eigenvalue weighted by atomic mass is 10.1. The molecule has 3 nitrogen and oxygen atoms in total. The summed E-state index contributed by atoms with van der Waals surface area (Å²) in [6.07, 6.45) is 0.379. The number of nitrogens with zero attached hydrogens (tertiary/aromatic N) is 1. The largest absolute Gasteiger partial charge is 0.328 e. The molecule has 1 heterocycles. The molecule has 0 fully saturated rings. The van der Waals surface area contributed by atoms with Gasteiger partial charge in [-0.2, -0.15) is 0 Å². The molecule has 0 unspecified atom stereocenters. The number of rotatable bonds is 3. The van der Waals surface area contributed by atoms with Gasteiger partial charge in [0, 0.05) is 17.8 Å². The van der Waals surface area contributed by atoms with E-state index in [0.29, 0.717) is 12.1 Å². The van der Waals surface area contributed by atoms with E-state index >= 15 is 0 Å². The van der Waals surface area contributed by atoms with Crippen LogP contribution in [-0.4, -0.2) is 16.8 Å². The van der Waals surface area contributed by atoms with Gasteiger partial charge in [-0.3, -0.25) is 4.79 Å². The smallest absolute Gasteiger partial charge is 0.183 e. The predicted octanol–water partition coefficient (Wildman–Crippen LogP) is 1.06. The number of carbonyl (C=O) groups excluding carboxylic acids is 1. The molecular formula is C7H10N2OS. The maximum Gasteiger partial charge on any atom is 0.183 e. The molecule has 0 aliphatic heterocycles. The summed E-state index contributed by atoms with van der Waals surface area (Å²) < 4.78 is 0. The molecular weight excluding hydrogens is 160 g/mol. The maximum atomic E-state index is 11.2. The van der Waals surface area contributed by atoms with Crippen molar-refractivity contribution in [1.82, 2.24) is 4.98 Å². The Kier molecular flexibility index (Phi) is 2.73. The third kappa shape index (κ3) is 2.40. The molecule has 4 heteroatoms. The van der Waals surface area contributed by atoms with Gasteiger partial charge in [0.2, 0.25) is 0 Å². The van der Waals surface area contributed by atoms with Crippen LogP contribution in [0.4, 0.5) is 0 Å². The fraction of sp³-hybridized carbons (Fsp3) is 0.429. The molecule has 0 aliphatic carbocycles. The second kappa shape index (κ2) is 3.59. The topological polar surface area (TPSA) is 56.0 Å². The Labute approximate surface area is 69.3 Å². The van der Waals surface area contributed by atoms with E-state index in [9.17, 15) is 4.79 Å². The fourth-order valence-electron chi connectivity index (χ4n) is 0.747. The van der Waals surface area contributed by atoms with Gasteiger partial charge in [-0.05, 0) is 6.92 Å². The van der Waals surface area contributed by atoms with Crippen LogP contribution in [0.15, 0.2) is 10.9 Å². The van der Waals surface area contributed by atoms with E-state index < -0.39 is 0 Å². The van der Waals surface area contributed by atoms with E-state index in [1.54, 1.807) is 10.9 Å². The number of hydrogen-bond acceptors (Lipinski definition) is 4. The van der Waals surface area contributed by atoms with Crippen LogP contribution in [0.2, 0.25) is 0 Å². The van der Waals surface area contributed by atoms with Gasteiger partial charge in [-0.1, -0.05) is 0 Å². The van der Waals surface area contributed by atoms with Crippen LogP contribution in [-0.2, 0) is 0 Å². The van der Waals surface area contributed by atoms with Crippen molar-refractivity contribution in [2.24, 2.45) is 5.73 Å². The Bertz CT molecular complexity index is 231. The van der Waals surface area contributed by atoms with Crippen LogP contribution in [0.25, 0.3) is 0 Å². The van der Waals surface area contributed by atoms with Crippen molar-refractivity contribution in [2.45, 2.75) is 19.4 Å². The molecule has 2 N–H and O–H groups in total. The van der Waals surface area contributed by atoms with Crippen LogP contribution < -0.4 is 5.73 Å². The van der Waals surface area contributed by atoms with E-state index in [-0.39, 0.29) is 11.8 Å². The molecule has 60 valence electrons. The molecule has 1 aromatic heterocycles. The van der Waals surface area contributed by atoms with Crippen LogP contribution in [0, 0.1) is 0 Å². The zero-order valence-electron chi connectivity index (χ0n) is 6.28. The summed E-state index contributed by atoms with van der Waals surface area (Å²) in [7, 11) is 0. The minimum absolute atomic E-state index is 0.0289. The molecule has 0 bridgehead atoms. The van der Waals surface area contributed by atoms with Crippen molar-refractivity contribution in [3.8, 4) is 0 Å². The lowest BCUT2D eigenvalue weighted by Gasteiger charge is -1.99. The first-order valence-corrected chi connectivity index (χ1v) is 4.31. The summed E-state index contributed by atoms with van der Waals surface area (Å²) in [5, 5.41) is 1.74. The van der Waals surface area contributed by atoms with Gasteiger partial charge in [0.15, 0.2) is 5.78 Å². The molecule has 1 atom stereocenters. The summed E-state index contributed by atoms with van der Waals surface area (Å²) in [6, 6.07) is -0.0794. The lowest BCUT2D eigenvalue weighted by molar-refractivity contribution is 0.0972. The van der Waals surface area contributed by atoms with Crippen LogP contribution >= 0.6 is 11.3 Å². The Morgan fingerprint density at radius 2 is 2.64 bits per heavy atom. The van der Waals surface area contributed by atoms with Gasteiger partial charge in [0.25, 0.3) is 0 Å². The molecule has 1 aromatic rings. The second-order valence-electron chi connectivity index (χ2n) is 2.48. The third-order valence-electron chi connectivity index (χ3n) is 1.23. The monoisotopic (exact) mass is 170 g/mol. The van der Waals surface area contributed by atoms with Gasteiger partial charge < -0.3 is 5.73 Å². The summed E-state index contributed by atoms with van der Waals surface area (Å²) in [5.74, 6) is 0.0289. The normalized spacial score (nSPS) is 12.9. The second-order valence-corrected chi connectivity index (χ2v) is 3.20. The lowest BCUT2D eigenvalue weighted by Crippen LogP contribution is -2.19. The fourth-order valence-corrected chi connectivity index (χ4v) is 1.30. The minimum Gasteiger partial charge on any atom is -0.328 e. The minimum atomic E-state index is -0.0794. The summed E-state index contributed by atoms with van der Waals surface area (Å²) >= 11 is 1.42. The average Bonchev–Trinajstić information content (AvgIpc) is 2.35. The first-order valence-electron chi connectivity index (χ1n) is 3.37. The van der Waals surface area contributed by atoms with E-state index in [1.807, 2.05) is 6.92 Å². The highest BCUT2D eigenvalue weighted by atomic mass is 32.1. The molecule has 0 saturated heterocycles. The number of ketones is 1. The Balaban J connectivity index is 2.57. The molecule has 0 aliphatic rings. The van der Waals surface area contributed by atoms with Crippen molar-refractivity contribution in [2.75, 3.05) is 0 Å². The predicted molar refractivity (Wildman–Crippen MR) is 44.7 cm³/mol. The molecule has 0 spiro atoms. The number of aromatic nitrogens is 1. The van der Waals surface area contributed by atoms with Gasteiger partial charge in [0.05, 0.1) is 5.51 Å². The molecule has 0 radical (unpaired) electrons. The van der Waals surface area contributed by atoms with Crippen molar-refractivity contribution in [3.05, 3.63) is 16.6 Å². The Morgan fingerprint density at radius 3 is 3.09 bits per heavy atom. The number of carbonyl (C=O) groups is 1. The number of nitrogens with two attached hydrogens (primary N) is 1. The van der Waals surface area contributed by atoms with Crippen LogP contribution in [0.5, 0.6) is 0 Å². The summed E-state index contributed by atoms with van der Waals surface area (Å²) in [4.78, 5) is 15.1. The summed E-state index contributed by atoms with van der Waals surface area (Å²) in [5.41, 5.74) is 7.64. The van der Waals surface area contributed by atoms with Crippen LogP contribution in [0.3, 0.4) is 0 Å². The molecule has 0 aromatic carbocycles. The van der Waals surface area contributed by atoms with Gasteiger partial charge in [-0.15, -0.1) is 11.3 Å². The zero-order valence-corrected chi connectivity index (χ0v) is 7.10. The summed E-state index contributed by atoms with van der Waals surface area (Å²) in [6.45, 7) is 1.81. The van der Waals surface area contributed by atoms with Gasteiger partial charge in [-0.25, -0.2) is 4.98 Å². The van der Waals surface area contributed by atoms with E-state index in [1.165, 1.54) is 11.3 Å². The quantitative estimate of drug-likeness (QED) is 0.690. The maximum absolute atomic E-state index is 11.2. The van der Waals surface area contributed by atoms with Crippen molar-refractivity contribution < 1.29 is 4.79 Å². The number of Topliss-reactive ketones (excluding diaryl/α,β-unsaturated/α-hetero) is 1. The zero-order chi connectivity index (χ0) is 8.27. The average molecular weight is 170 g/mol. The van der Waals surface area contributed by atoms with Crippen molar-refractivity contribution >= 4 is 17.1 Å². The van der Waals surface area contributed by atoms with E-state index in [4.69, 9.17) is 5.73 Å². The molecule has 0 amide bonds. The van der Waals surface area contributed by atoms with Gasteiger partial charge >= 0.3 is 0 Å². The van der Waals surface area contributed by atoms with Crippen molar-refractivity contribution in [3.63, 3.8) is 0 Å². The van der Waals surface area contributed by atoms with Crippen LogP contribution in [0.1, 0.15) is 23.8 Å². The Morgan fingerprint density at radius 1 is 1.91 bits per heavy atom.